The highest BCUT2D eigenvalue weighted by Crippen LogP contribution is 2.09. The first-order chi connectivity index (χ1) is 9.06. The lowest BCUT2D eigenvalue weighted by Gasteiger charge is -2.30. The maximum absolute atomic E-state index is 12.0. The van der Waals surface area contributed by atoms with Gasteiger partial charge in [0.25, 0.3) is 5.91 Å². The van der Waals surface area contributed by atoms with E-state index in [4.69, 9.17) is 5.11 Å². The summed E-state index contributed by atoms with van der Waals surface area (Å²) in [6, 6.07) is 2.94. The lowest BCUT2D eigenvalue weighted by Crippen LogP contribution is -2.46. The number of nitrogens with zero attached hydrogens (tertiary/aromatic N) is 2. The van der Waals surface area contributed by atoms with Gasteiger partial charge in [-0.25, -0.2) is 9.78 Å². The second-order valence-electron chi connectivity index (χ2n) is 4.81. The molecule has 102 valence electrons. The zero-order valence-corrected chi connectivity index (χ0v) is 10.8. The summed E-state index contributed by atoms with van der Waals surface area (Å²) >= 11 is 0. The quantitative estimate of drug-likeness (QED) is 0.834. The number of aromatic carboxylic acids is 1. The van der Waals surface area contributed by atoms with Gasteiger partial charge in [0.15, 0.2) is 0 Å². The van der Waals surface area contributed by atoms with Gasteiger partial charge >= 0.3 is 5.97 Å². The second kappa shape index (κ2) is 5.79. The molecule has 2 N–H and O–H groups in total. The van der Waals surface area contributed by atoms with Crippen molar-refractivity contribution in [1.82, 2.24) is 15.2 Å². The van der Waals surface area contributed by atoms with Crippen molar-refractivity contribution in [3.8, 4) is 0 Å². The van der Waals surface area contributed by atoms with E-state index in [-0.39, 0.29) is 17.6 Å². The zero-order chi connectivity index (χ0) is 13.8. The molecular weight excluding hydrogens is 246 g/mol. The van der Waals surface area contributed by atoms with Crippen LogP contribution in [0.3, 0.4) is 0 Å². The SMILES string of the molecule is CN1CCCC(NC(=O)c2ccnc(C(=O)O)c2)C1. The standard InChI is InChI=1S/C13H17N3O3/c1-16-6-2-3-10(8-16)15-12(17)9-4-5-14-11(7-9)13(18)19/h4-5,7,10H,2-3,6,8H2,1H3,(H,15,17)(H,18,19). The van der Waals surface area contributed by atoms with Crippen LogP contribution in [0.15, 0.2) is 18.3 Å². The molecule has 0 saturated carbocycles. The number of pyridine rings is 1. The summed E-state index contributed by atoms with van der Waals surface area (Å²) in [6.07, 6.45) is 3.34. The summed E-state index contributed by atoms with van der Waals surface area (Å²) in [5.41, 5.74) is 0.217. The van der Waals surface area contributed by atoms with Crippen molar-refractivity contribution < 1.29 is 14.7 Å². The highest BCUT2D eigenvalue weighted by Gasteiger charge is 2.20. The molecular formula is C13H17N3O3. The van der Waals surface area contributed by atoms with E-state index in [1.165, 1.54) is 18.3 Å². The number of carboxylic acid groups (broad SMARTS) is 1. The summed E-state index contributed by atoms with van der Waals surface area (Å²) in [4.78, 5) is 28.7. The summed E-state index contributed by atoms with van der Waals surface area (Å²) < 4.78 is 0. The highest BCUT2D eigenvalue weighted by atomic mass is 16.4. The Bertz CT molecular complexity index is 490. The minimum absolute atomic E-state index is 0.117. The Balaban J connectivity index is 2.03. The highest BCUT2D eigenvalue weighted by molar-refractivity contribution is 5.96. The van der Waals surface area contributed by atoms with E-state index < -0.39 is 5.97 Å². The third-order valence-electron chi connectivity index (χ3n) is 3.20. The third-order valence-corrected chi connectivity index (χ3v) is 3.20. The van der Waals surface area contributed by atoms with Crippen LogP contribution >= 0.6 is 0 Å². The molecule has 0 aliphatic carbocycles. The first-order valence-electron chi connectivity index (χ1n) is 6.25. The van der Waals surface area contributed by atoms with Gasteiger partial charge in [0.05, 0.1) is 0 Å². The van der Waals surface area contributed by atoms with Gasteiger partial charge in [0, 0.05) is 24.3 Å². The number of hydrogen-bond donors (Lipinski definition) is 2. The molecule has 1 aliphatic heterocycles. The Hall–Kier alpha value is -1.95. The van der Waals surface area contributed by atoms with Gasteiger partial charge in [-0.05, 0) is 38.6 Å². The number of likely N-dealkylation sites (N-methyl/N-ethyl adjacent to an activating group) is 1. The number of carboxylic acids is 1. The van der Waals surface area contributed by atoms with Crippen molar-refractivity contribution in [2.45, 2.75) is 18.9 Å². The van der Waals surface area contributed by atoms with Crippen molar-refractivity contribution in [1.29, 1.82) is 0 Å². The van der Waals surface area contributed by atoms with E-state index >= 15 is 0 Å². The largest absolute Gasteiger partial charge is 0.477 e. The predicted octanol–water partition coefficient (Wildman–Crippen LogP) is 0.604. The van der Waals surface area contributed by atoms with E-state index in [9.17, 15) is 9.59 Å². The molecule has 1 fully saturated rings. The number of aromatic nitrogens is 1. The molecule has 1 saturated heterocycles. The van der Waals surface area contributed by atoms with Crippen molar-refractivity contribution in [2.24, 2.45) is 0 Å². The van der Waals surface area contributed by atoms with Crippen LogP contribution in [0.2, 0.25) is 0 Å². The molecule has 1 unspecified atom stereocenters. The molecule has 1 atom stereocenters. The molecule has 0 aromatic carbocycles. The van der Waals surface area contributed by atoms with Crippen LogP contribution in [-0.2, 0) is 0 Å². The van der Waals surface area contributed by atoms with Crippen molar-refractivity contribution in [3.05, 3.63) is 29.6 Å². The monoisotopic (exact) mass is 263 g/mol. The van der Waals surface area contributed by atoms with Gasteiger partial charge in [-0.3, -0.25) is 4.79 Å². The zero-order valence-electron chi connectivity index (χ0n) is 10.8. The number of nitrogens with one attached hydrogen (secondary N) is 1. The van der Waals surface area contributed by atoms with Gasteiger partial charge in [-0.2, -0.15) is 0 Å². The fourth-order valence-corrected chi connectivity index (χ4v) is 2.24. The summed E-state index contributed by atoms with van der Waals surface area (Å²) in [7, 11) is 2.02. The maximum atomic E-state index is 12.0. The number of hydrogen-bond acceptors (Lipinski definition) is 4. The van der Waals surface area contributed by atoms with E-state index in [2.05, 4.69) is 15.2 Å². The van der Waals surface area contributed by atoms with E-state index in [1.54, 1.807) is 0 Å². The minimum Gasteiger partial charge on any atom is -0.477 e. The summed E-state index contributed by atoms with van der Waals surface area (Å²) in [5.74, 6) is -1.38. The number of carbonyl (C=O) groups excluding carboxylic acids is 1. The van der Waals surface area contributed by atoms with Gasteiger partial charge in [-0.1, -0.05) is 0 Å². The molecule has 2 rings (SSSR count). The number of carbonyl (C=O) groups is 2. The number of likely N-dealkylation sites (tertiary alicyclic amines) is 1. The topological polar surface area (TPSA) is 82.5 Å². The lowest BCUT2D eigenvalue weighted by atomic mass is 10.1. The smallest absolute Gasteiger partial charge is 0.354 e. The van der Waals surface area contributed by atoms with Gasteiger partial charge in [-0.15, -0.1) is 0 Å². The van der Waals surface area contributed by atoms with Crippen LogP contribution < -0.4 is 5.32 Å². The maximum Gasteiger partial charge on any atom is 0.354 e. The first-order valence-corrected chi connectivity index (χ1v) is 6.25. The Morgan fingerprint density at radius 1 is 1.53 bits per heavy atom. The molecule has 1 aliphatic rings. The lowest BCUT2D eigenvalue weighted by molar-refractivity contribution is 0.0690. The summed E-state index contributed by atoms with van der Waals surface area (Å²) in [5, 5.41) is 11.8. The molecule has 1 amide bonds. The Labute approximate surface area is 111 Å². The molecule has 0 bridgehead atoms. The van der Waals surface area contributed by atoms with E-state index in [1.807, 2.05) is 7.05 Å². The van der Waals surface area contributed by atoms with Crippen molar-refractivity contribution in [3.63, 3.8) is 0 Å². The fraction of sp³-hybridized carbons (Fsp3) is 0.462. The fourth-order valence-electron chi connectivity index (χ4n) is 2.24. The third kappa shape index (κ3) is 3.51. The van der Waals surface area contributed by atoms with Crippen LogP contribution in [0.25, 0.3) is 0 Å². The van der Waals surface area contributed by atoms with Gasteiger partial charge < -0.3 is 15.3 Å². The molecule has 19 heavy (non-hydrogen) atoms. The van der Waals surface area contributed by atoms with Gasteiger partial charge in [0.1, 0.15) is 5.69 Å². The Kier molecular flexibility index (Phi) is 4.11. The van der Waals surface area contributed by atoms with Crippen LogP contribution in [0, 0.1) is 0 Å². The number of amides is 1. The van der Waals surface area contributed by atoms with Crippen LogP contribution in [-0.4, -0.2) is 53.0 Å². The van der Waals surface area contributed by atoms with Crippen LogP contribution in [0.1, 0.15) is 33.7 Å². The Morgan fingerprint density at radius 2 is 2.32 bits per heavy atom. The van der Waals surface area contributed by atoms with Crippen molar-refractivity contribution in [2.75, 3.05) is 20.1 Å². The van der Waals surface area contributed by atoms with E-state index in [0.29, 0.717) is 5.56 Å². The average Bonchev–Trinajstić information content (AvgIpc) is 2.39. The molecule has 0 spiro atoms. The molecule has 0 radical (unpaired) electrons. The van der Waals surface area contributed by atoms with Crippen molar-refractivity contribution >= 4 is 11.9 Å². The van der Waals surface area contributed by atoms with Crippen LogP contribution in [0.4, 0.5) is 0 Å². The molecule has 6 heteroatoms. The second-order valence-corrected chi connectivity index (χ2v) is 4.81. The molecule has 6 nitrogen and oxygen atoms in total. The average molecular weight is 263 g/mol. The molecule has 2 heterocycles. The Morgan fingerprint density at radius 3 is 3.00 bits per heavy atom. The number of rotatable bonds is 3. The number of piperidine rings is 1. The minimum atomic E-state index is -1.13. The van der Waals surface area contributed by atoms with Crippen LogP contribution in [0.5, 0.6) is 0 Å². The molecule has 1 aromatic rings. The van der Waals surface area contributed by atoms with Gasteiger partial charge in [0.2, 0.25) is 0 Å². The summed E-state index contributed by atoms with van der Waals surface area (Å²) in [6.45, 7) is 1.87. The van der Waals surface area contributed by atoms with E-state index in [0.717, 1.165) is 25.9 Å². The normalized spacial score (nSPS) is 19.9. The first kappa shape index (κ1) is 13.5. The molecule has 1 aromatic heterocycles. The predicted molar refractivity (Wildman–Crippen MR) is 69.2 cm³/mol.